The topological polar surface area (TPSA) is 56.5 Å². The van der Waals surface area contributed by atoms with Gasteiger partial charge in [0.25, 0.3) is 0 Å². The second kappa shape index (κ2) is 6.82. The van der Waals surface area contributed by atoms with E-state index in [1.807, 2.05) is 36.4 Å². The minimum absolute atomic E-state index is 0.643. The van der Waals surface area contributed by atoms with Crippen LogP contribution in [-0.2, 0) is 5.75 Å². The Morgan fingerprint density at radius 2 is 1.96 bits per heavy atom. The third-order valence-corrected chi connectivity index (χ3v) is 5.15. The molecule has 2 aromatic carbocycles. The highest BCUT2D eigenvalue weighted by molar-refractivity contribution is 7.98. The molecule has 0 aliphatic carbocycles. The number of halogens is 1. The lowest BCUT2D eigenvalue weighted by Gasteiger charge is -2.05. The summed E-state index contributed by atoms with van der Waals surface area (Å²) in [5.74, 6) is 0.822. The van der Waals surface area contributed by atoms with Gasteiger partial charge in [0.1, 0.15) is 11.4 Å². The highest BCUT2D eigenvalue weighted by Crippen LogP contribution is 2.28. The molecule has 0 spiro atoms. The molecule has 0 fully saturated rings. The number of rotatable bonds is 4. The van der Waals surface area contributed by atoms with E-state index >= 15 is 0 Å². The monoisotopic (exact) mass is 367 g/mol. The first-order valence-electron chi connectivity index (χ1n) is 7.72. The minimum atomic E-state index is 0.643. The van der Waals surface area contributed by atoms with Crippen LogP contribution >= 0.6 is 23.4 Å². The lowest BCUT2D eigenvalue weighted by molar-refractivity contribution is 0.817. The Morgan fingerprint density at radius 3 is 2.80 bits per heavy atom. The van der Waals surface area contributed by atoms with Gasteiger partial charge in [-0.15, -0.1) is 5.10 Å². The van der Waals surface area contributed by atoms with E-state index in [0.29, 0.717) is 16.2 Å². The van der Waals surface area contributed by atoms with Gasteiger partial charge in [-0.3, -0.25) is 0 Å². The summed E-state index contributed by atoms with van der Waals surface area (Å²) < 4.78 is 1.68. The molecular formula is C18H14ClN5S. The predicted molar refractivity (Wildman–Crippen MR) is 100 cm³/mol. The SMILES string of the molecule is Cc1ccccc1CSc1ncnc2c1nnn2-c1cccc(Cl)c1. The van der Waals surface area contributed by atoms with Crippen molar-refractivity contribution in [2.45, 2.75) is 17.7 Å². The number of aromatic nitrogens is 5. The molecule has 0 unspecified atom stereocenters. The lowest BCUT2D eigenvalue weighted by atomic mass is 10.1. The molecular weight excluding hydrogens is 354 g/mol. The van der Waals surface area contributed by atoms with Gasteiger partial charge in [-0.25, -0.2) is 9.97 Å². The zero-order valence-electron chi connectivity index (χ0n) is 13.4. The zero-order valence-corrected chi connectivity index (χ0v) is 15.0. The number of benzene rings is 2. The summed E-state index contributed by atoms with van der Waals surface area (Å²) in [7, 11) is 0. The predicted octanol–water partition coefficient (Wildman–Crippen LogP) is 4.46. The van der Waals surface area contributed by atoms with Crippen molar-refractivity contribution in [1.29, 1.82) is 0 Å². The molecule has 0 bridgehead atoms. The molecule has 0 amide bonds. The number of thioether (sulfide) groups is 1. The van der Waals surface area contributed by atoms with Crippen LogP contribution in [0.4, 0.5) is 0 Å². The van der Waals surface area contributed by atoms with E-state index in [1.54, 1.807) is 22.8 Å². The van der Waals surface area contributed by atoms with E-state index in [2.05, 4.69) is 39.3 Å². The van der Waals surface area contributed by atoms with Crippen molar-refractivity contribution < 1.29 is 0 Å². The Kier molecular flexibility index (Phi) is 4.38. The van der Waals surface area contributed by atoms with E-state index < -0.39 is 0 Å². The first kappa shape index (κ1) is 16.1. The highest BCUT2D eigenvalue weighted by Gasteiger charge is 2.14. The molecule has 0 atom stereocenters. The maximum atomic E-state index is 6.08. The zero-order chi connectivity index (χ0) is 17.2. The van der Waals surface area contributed by atoms with E-state index in [-0.39, 0.29) is 0 Å². The van der Waals surface area contributed by atoms with Crippen LogP contribution in [0.2, 0.25) is 5.02 Å². The standard InChI is InChI=1S/C18H14ClN5S/c1-12-5-2-3-6-13(12)10-25-18-16-17(20-11-21-18)24(23-22-16)15-8-4-7-14(19)9-15/h2-9,11H,10H2,1H3. The van der Waals surface area contributed by atoms with E-state index in [4.69, 9.17) is 11.6 Å². The molecule has 2 heterocycles. The average Bonchev–Trinajstić information content (AvgIpc) is 3.06. The Hall–Kier alpha value is -2.44. The molecule has 0 saturated heterocycles. The Balaban J connectivity index is 1.68. The fraction of sp³-hybridized carbons (Fsp3) is 0.111. The smallest absolute Gasteiger partial charge is 0.187 e. The van der Waals surface area contributed by atoms with Gasteiger partial charge in [0.05, 0.1) is 5.69 Å². The van der Waals surface area contributed by atoms with Gasteiger partial charge in [-0.2, -0.15) is 4.68 Å². The van der Waals surface area contributed by atoms with Crippen LogP contribution in [0.5, 0.6) is 0 Å². The molecule has 4 aromatic rings. The van der Waals surface area contributed by atoms with Gasteiger partial charge < -0.3 is 0 Å². The fourth-order valence-corrected chi connectivity index (χ4v) is 3.72. The summed E-state index contributed by atoms with van der Waals surface area (Å²) in [6.07, 6.45) is 1.55. The molecule has 25 heavy (non-hydrogen) atoms. The van der Waals surface area contributed by atoms with Gasteiger partial charge in [0.15, 0.2) is 11.2 Å². The van der Waals surface area contributed by atoms with Crippen molar-refractivity contribution in [3.8, 4) is 5.69 Å². The van der Waals surface area contributed by atoms with Crippen molar-refractivity contribution in [2.75, 3.05) is 0 Å². The Bertz CT molecular complexity index is 1050. The number of hydrogen-bond donors (Lipinski definition) is 0. The van der Waals surface area contributed by atoms with Crippen LogP contribution in [-0.4, -0.2) is 25.0 Å². The molecule has 0 saturated carbocycles. The minimum Gasteiger partial charge on any atom is -0.227 e. The van der Waals surface area contributed by atoms with Crippen LogP contribution in [0.15, 0.2) is 59.9 Å². The highest BCUT2D eigenvalue weighted by atomic mass is 35.5. The third kappa shape index (κ3) is 3.23. The number of nitrogens with zero attached hydrogens (tertiary/aromatic N) is 5. The average molecular weight is 368 g/mol. The molecule has 0 aliphatic rings. The second-order valence-corrected chi connectivity index (χ2v) is 6.95. The largest absolute Gasteiger partial charge is 0.227 e. The fourth-order valence-electron chi connectivity index (χ4n) is 2.53. The number of fused-ring (bicyclic) bond motifs is 1. The summed E-state index contributed by atoms with van der Waals surface area (Å²) in [4.78, 5) is 8.74. The third-order valence-electron chi connectivity index (χ3n) is 3.88. The first-order chi connectivity index (χ1) is 12.2. The van der Waals surface area contributed by atoms with Crippen LogP contribution in [0.1, 0.15) is 11.1 Å². The molecule has 0 aliphatic heterocycles. The van der Waals surface area contributed by atoms with Crippen molar-refractivity contribution in [3.05, 3.63) is 71.0 Å². The maximum absolute atomic E-state index is 6.08. The molecule has 5 nitrogen and oxygen atoms in total. The van der Waals surface area contributed by atoms with Gasteiger partial charge in [-0.05, 0) is 36.2 Å². The Labute approximate surface area is 154 Å². The lowest BCUT2D eigenvalue weighted by Crippen LogP contribution is -1.98. The van der Waals surface area contributed by atoms with Crippen LogP contribution < -0.4 is 0 Å². The summed E-state index contributed by atoms with van der Waals surface area (Å²) >= 11 is 7.71. The summed E-state index contributed by atoms with van der Waals surface area (Å²) in [6, 6.07) is 15.8. The maximum Gasteiger partial charge on any atom is 0.187 e. The van der Waals surface area contributed by atoms with E-state index in [0.717, 1.165) is 16.5 Å². The summed E-state index contributed by atoms with van der Waals surface area (Å²) in [5.41, 5.74) is 4.73. The molecule has 4 rings (SSSR count). The van der Waals surface area contributed by atoms with Crippen molar-refractivity contribution >= 4 is 34.5 Å². The van der Waals surface area contributed by atoms with Crippen molar-refractivity contribution in [3.63, 3.8) is 0 Å². The first-order valence-corrected chi connectivity index (χ1v) is 9.08. The molecule has 124 valence electrons. The van der Waals surface area contributed by atoms with Crippen molar-refractivity contribution in [1.82, 2.24) is 25.0 Å². The normalized spacial score (nSPS) is 11.1. The van der Waals surface area contributed by atoms with Crippen LogP contribution in [0, 0.1) is 6.92 Å². The number of hydrogen-bond acceptors (Lipinski definition) is 5. The van der Waals surface area contributed by atoms with Crippen LogP contribution in [0.3, 0.4) is 0 Å². The van der Waals surface area contributed by atoms with Gasteiger partial charge >= 0.3 is 0 Å². The van der Waals surface area contributed by atoms with Gasteiger partial charge in [-0.1, -0.05) is 58.9 Å². The molecule has 2 aromatic heterocycles. The molecule has 0 N–H and O–H groups in total. The van der Waals surface area contributed by atoms with E-state index in [1.165, 1.54) is 11.1 Å². The van der Waals surface area contributed by atoms with Gasteiger partial charge in [0.2, 0.25) is 0 Å². The van der Waals surface area contributed by atoms with Gasteiger partial charge in [0, 0.05) is 10.8 Å². The quantitative estimate of drug-likeness (QED) is 0.393. The number of aryl methyl sites for hydroxylation is 1. The summed E-state index contributed by atoms with van der Waals surface area (Å²) in [5, 5.41) is 9.98. The molecule has 0 radical (unpaired) electrons. The van der Waals surface area contributed by atoms with E-state index in [9.17, 15) is 0 Å². The van der Waals surface area contributed by atoms with Crippen molar-refractivity contribution in [2.24, 2.45) is 0 Å². The van der Waals surface area contributed by atoms with Crippen LogP contribution in [0.25, 0.3) is 16.9 Å². The summed E-state index contributed by atoms with van der Waals surface area (Å²) in [6.45, 7) is 2.11. The Morgan fingerprint density at radius 1 is 1.08 bits per heavy atom. The molecule has 7 heteroatoms. The second-order valence-electron chi connectivity index (χ2n) is 5.55.